The molecule has 2 aromatic rings. The van der Waals surface area contributed by atoms with Gasteiger partial charge < -0.3 is 35.4 Å². The zero-order chi connectivity index (χ0) is 26.7. The van der Waals surface area contributed by atoms with E-state index in [2.05, 4.69) is 16.7 Å². The van der Waals surface area contributed by atoms with Crippen LogP contribution in [0.15, 0.2) is 70.4 Å². The van der Waals surface area contributed by atoms with Gasteiger partial charge in [-0.3, -0.25) is 4.79 Å². The Morgan fingerprint density at radius 2 is 1.84 bits per heavy atom. The van der Waals surface area contributed by atoms with Crippen molar-refractivity contribution in [3.8, 4) is 11.8 Å². The lowest BCUT2D eigenvalue weighted by molar-refractivity contribution is -0.161. The summed E-state index contributed by atoms with van der Waals surface area (Å²) in [5.74, 6) is -0.533. The summed E-state index contributed by atoms with van der Waals surface area (Å²) in [6.45, 7) is 1.55. The molecule has 5 atom stereocenters. The van der Waals surface area contributed by atoms with E-state index in [4.69, 9.17) is 21.1 Å². The summed E-state index contributed by atoms with van der Waals surface area (Å²) in [5.41, 5.74) is 1.34. The maximum absolute atomic E-state index is 13.5. The van der Waals surface area contributed by atoms with E-state index in [1.165, 1.54) is 0 Å². The number of hydrogen-bond acceptors (Lipinski definition) is 9. The molecule has 2 aromatic carbocycles. The maximum Gasteiger partial charge on any atom is 0.254 e. The number of halogens is 1. The highest BCUT2D eigenvalue weighted by atomic mass is 35.5. The summed E-state index contributed by atoms with van der Waals surface area (Å²) < 4.78 is 10.8. The van der Waals surface area contributed by atoms with Gasteiger partial charge >= 0.3 is 0 Å². The number of anilines is 1. The molecule has 0 aliphatic carbocycles. The van der Waals surface area contributed by atoms with E-state index in [0.717, 1.165) is 11.8 Å². The van der Waals surface area contributed by atoms with Crippen LogP contribution < -0.4 is 15.4 Å². The van der Waals surface area contributed by atoms with Crippen molar-refractivity contribution in [2.45, 2.75) is 36.6 Å². The lowest BCUT2D eigenvalue weighted by Gasteiger charge is -2.36. The largest absolute Gasteiger partial charge is 0.497 e. The molecular formula is C26H26ClN3O6S. The molecule has 1 unspecified atom stereocenters. The summed E-state index contributed by atoms with van der Waals surface area (Å²) in [6.07, 6.45) is -4.00. The molecule has 194 valence electrons. The highest BCUT2D eigenvalue weighted by Gasteiger charge is 2.41. The molecule has 2 aliphatic heterocycles. The van der Waals surface area contributed by atoms with Crippen LogP contribution >= 0.6 is 23.4 Å². The van der Waals surface area contributed by atoms with E-state index < -0.39 is 35.6 Å². The number of ether oxygens (including phenoxy) is 2. The van der Waals surface area contributed by atoms with Crippen molar-refractivity contribution in [2.75, 3.05) is 19.0 Å². The molecule has 4 rings (SSSR count). The van der Waals surface area contributed by atoms with Gasteiger partial charge in [0.2, 0.25) is 0 Å². The van der Waals surface area contributed by atoms with Crippen LogP contribution in [0, 0.1) is 11.3 Å². The van der Waals surface area contributed by atoms with E-state index in [1.807, 2.05) is 0 Å². The SMILES string of the molecule is COc1ccc(C2C(C#N)=C(S[C@@H]3OC[C@H](O)[C@H](O)[C@H]3O)NC(C)=C2C(=O)Nc2ccc(Cl)cc2)cc1. The summed E-state index contributed by atoms with van der Waals surface area (Å²) in [7, 11) is 1.55. The summed E-state index contributed by atoms with van der Waals surface area (Å²) in [5, 5.41) is 47.4. The Hall–Kier alpha value is -3.04. The molecule has 2 heterocycles. The van der Waals surface area contributed by atoms with Gasteiger partial charge in [0.25, 0.3) is 5.91 Å². The van der Waals surface area contributed by atoms with Crippen molar-refractivity contribution in [2.24, 2.45) is 0 Å². The molecule has 0 aromatic heterocycles. The second-order valence-electron chi connectivity index (χ2n) is 8.55. The molecule has 1 amide bonds. The van der Waals surface area contributed by atoms with Crippen molar-refractivity contribution in [1.82, 2.24) is 5.32 Å². The predicted octanol–water partition coefficient (Wildman–Crippen LogP) is 2.86. The Labute approximate surface area is 223 Å². The first-order valence-electron chi connectivity index (χ1n) is 11.4. The van der Waals surface area contributed by atoms with Gasteiger partial charge in [0.1, 0.15) is 29.5 Å². The quantitative estimate of drug-likeness (QED) is 0.371. The Kier molecular flexibility index (Phi) is 8.44. The fourth-order valence-electron chi connectivity index (χ4n) is 4.17. The number of benzene rings is 2. The number of dihydropyridines is 1. The number of rotatable bonds is 6. The maximum atomic E-state index is 13.5. The van der Waals surface area contributed by atoms with Crippen molar-refractivity contribution in [3.05, 3.63) is 81.0 Å². The smallest absolute Gasteiger partial charge is 0.254 e. The summed E-state index contributed by atoms with van der Waals surface area (Å²) in [6, 6.07) is 16.0. The average Bonchev–Trinajstić information content (AvgIpc) is 2.90. The topological polar surface area (TPSA) is 144 Å². The highest BCUT2D eigenvalue weighted by molar-refractivity contribution is 8.03. The van der Waals surface area contributed by atoms with Gasteiger partial charge in [-0.1, -0.05) is 35.5 Å². The van der Waals surface area contributed by atoms with Crippen molar-refractivity contribution < 1.29 is 29.6 Å². The number of allylic oxidation sites excluding steroid dienone is 2. The molecule has 0 bridgehead atoms. The minimum Gasteiger partial charge on any atom is -0.497 e. The number of hydrogen-bond donors (Lipinski definition) is 5. The zero-order valence-electron chi connectivity index (χ0n) is 20.0. The standard InChI is InChI=1S/C26H26ClN3O6S/c1-13-20(24(34)30-16-7-5-15(27)6-8-16)21(14-3-9-17(35-2)10-4-14)18(11-28)25(29-13)37-26-23(33)22(32)19(31)12-36-26/h3-10,19,21-23,26,29,31-33H,12H2,1-2H3,(H,30,34)/t19-,21?,22-,23+,26-/m0/s1. The van der Waals surface area contributed by atoms with Crippen LogP contribution in [0.1, 0.15) is 18.4 Å². The van der Waals surface area contributed by atoms with Gasteiger partial charge in [-0.15, -0.1) is 0 Å². The Morgan fingerprint density at radius 3 is 2.46 bits per heavy atom. The van der Waals surface area contributed by atoms with Crippen molar-refractivity contribution in [1.29, 1.82) is 5.26 Å². The molecule has 9 nitrogen and oxygen atoms in total. The fraction of sp³-hybridized carbons (Fsp3) is 0.308. The number of aliphatic hydroxyl groups is 3. The van der Waals surface area contributed by atoms with Crippen LogP contribution in [0.2, 0.25) is 5.02 Å². The van der Waals surface area contributed by atoms with Gasteiger partial charge in [0, 0.05) is 22.0 Å². The van der Waals surface area contributed by atoms with Crippen LogP contribution in [-0.2, 0) is 9.53 Å². The third-order valence-corrected chi connectivity index (χ3v) is 7.59. The molecule has 1 saturated heterocycles. The molecular weight excluding hydrogens is 518 g/mol. The van der Waals surface area contributed by atoms with Gasteiger partial charge in [-0.2, -0.15) is 5.26 Å². The fourth-order valence-corrected chi connectivity index (χ4v) is 5.47. The Morgan fingerprint density at radius 1 is 1.16 bits per heavy atom. The van der Waals surface area contributed by atoms with Crippen molar-refractivity contribution in [3.63, 3.8) is 0 Å². The van der Waals surface area contributed by atoms with Gasteiger partial charge in [0.05, 0.1) is 36.3 Å². The molecule has 37 heavy (non-hydrogen) atoms. The Bertz CT molecular complexity index is 1260. The molecule has 11 heteroatoms. The lowest BCUT2D eigenvalue weighted by Crippen LogP contribution is -2.51. The van der Waals surface area contributed by atoms with Crippen LogP contribution in [0.3, 0.4) is 0 Å². The van der Waals surface area contributed by atoms with E-state index in [-0.39, 0.29) is 12.2 Å². The summed E-state index contributed by atoms with van der Waals surface area (Å²) in [4.78, 5) is 13.5. The van der Waals surface area contributed by atoms with Crippen LogP contribution in [0.25, 0.3) is 0 Å². The second kappa shape index (κ2) is 11.6. The predicted molar refractivity (Wildman–Crippen MR) is 140 cm³/mol. The molecule has 2 aliphatic rings. The average molecular weight is 544 g/mol. The number of nitrogens with zero attached hydrogens (tertiary/aromatic N) is 1. The minimum atomic E-state index is -1.39. The lowest BCUT2D eigenvalue weighted by atomic mass is 9.82. The van der Waals surface area contributed by atoms with Crippen LogP contribution in [-0.4, -0.2) is 58.7 Å². The number of carbonyl (C=O) groups excluding carboxylic acids is 1. The van der Waals surface area contributed by atoms with E-state index in [9.17, 15) is 25.4 Å². The number of amides is 1. The molecule has 5 N–H and O–H groups in total. The minimum absolute atomic E-state index is 0.170. The first kappa shape index (κ1) is 27.0. The molecule has 1 fully saturated rings. The van der Waals surface area contributed by atoms with Gasteiger partial charge in [0.15, 0.2) is 0 Å². The Balaban J connectivity index is 1.72. The third-order valence-electron chi connectivity index (χ3n) is 6.13. The number of nitrogens with one attached hydrogen (secondary N) is 2. The van der Waals surface area contributed by atoms with Crippen molar-refractivity contribution >= 4 is 35.0 Å². The monoisotopic (exact) mass is 543 g/mol. The highest BCUT2D eigenvalue weighted by Crippen LogP contribution is 2.43. The molecule has 0 spiro atoms. The number of thioether (sulfide) groups is 1. The number of carbonyl (C=O) groups is 1. The number of nitriles is 1. The van der Waals surface area contributed by atoms with Crippen LogP contribution in [0.4, 0.5) is 5.69 Å². The first-order chi connectivity index (χ1) is 17.7. The van der Waals surface area contributed by atoms with E-state index >= 15 is 0 Å². The number of methoxy groups -OCH3 is 1. The first-order valence-corrected chi connectivity index (χ1v) is 12.6. The molecule has 0 radical (unpaired) electrons. The van der Waals surface area contributed by atoms with Gasteiger partial charge in [-0.05, 0) is 48.9 Å². The van der Waals surface area contributed by atoms with Gasteiger partial charge in [-0.25, -0.2) is 0 Å². The van der Waals surface area contributed by atoms with E-state index in [0.29, 0.717) is 38.3 Å². The number of aliphatic hydroxyl groups excluding tert-OH is 3. The van der Waals surface area contributed by atoms with Crippen LogP contribution in [0.5, 0.6) is 5.75 Å². The van der Waals surface area contributed by atoms with E-state index in [1.54, 1.807) is 62.6 Å². The third kappa shape index (κ3) is 5.78. The molecule has 0 saturated carbocycles. The zero-order valence-corrected chi connectivity index (χ0v) is 21.6. The summed E-state index contributed by atoms with van der Waals surface area (Å²) >= 11 is 6.98. The second-order valence-corrected chi connectivity index (χ2v) is 10.1. The normalized spacial score (nSPS) is 25.8.